The first-order chi connectivity index (χ1) is 10.1. The molecule has 21 heavy (non-hydrogen) atoms. The van der Waals surface area contributed by atoms with Crippen molar-refractivity contribution in [2.75, 3.05) is 0 Å². The molecule has 5 nitrogen and oxygen atoms in total. The predicted octanol–water partition coefficient (Wildman–Crippen LogP) is 2.85. The van der Waals surface area contributed by atoms with Crippen molar-refractivity contribution in [3.8, 4) is 0 Å². The van der Waals surface area contributed by atoms with E-state index in [-0.39, 0.29) is 5.91 Å². The molecule has 3 aromatic rings. The minimum atomic E-state index is -0.231. The molecule has 0 aliphatic carbocycles. The monoisotopic (exact) mass is 300 g/mol. The molecular weight excluding hydrogens is 288 g/mol. The summed E-state index contributed by atoms with van der Waals surface area (Å²) in [5, 5.41) is 11.0. The number of benzene rings is 1. The zero-order chi connectivity index (χ0) is 14.8. The Kier molecular flexibility index (Phi) is 3.58. The highest BCUT2D eigenvalue weighted by molar-refractivity contribution is 6.31. The van der Waals surface area contributed by atoms with E-state index >= 15 is 0 Å². The third-order valence-corrected chi connectivity index (χ3v) is 3.76. The van der Waals surface area contributed by atoms with Crippen LogP contribution in [0.5, 0.6) is 0 Å². The molecule has 1 amide bonds. The summed E-state index contributed by atoms with van der Waals surface area (Å²) in [6.07, 6.45) is 1.67. The van der Waals surface area contributed by atoms with Gasteiger partial charge in [0.1, 0.15) is 5.69 Å². The highest BCUT2D eigenvalue weighted by Crippen LogP contribution is 2.18. The average molecular weight is 301 g/mol. The number of hydrogen-bond donors (Lipinski definition) is 2. The number of nitrogens with one attached hydrogen (secondary N) is 2. The molecule has 3 rings (SSSR count). The van der Waals surface area contributed by atoms with E-state index in [4.69, 9.17) is 11.6 Å². The molecule has 1 aromatic carbocycles. The quantitative estimate of drug-likeness (QED) is 0.781. The maximum absolute atomic E-state index is 12.1. The van der Waals surface area contributed by atoms with Gasteiger partial charge < -0.3 is 5.32 Å². The topological polar surface area (TPSA) is 70.7 Å². The highest BCUT2D eigenvalue weighted by Gasteiger charge is 2.10. The number of amides is 1. The van der Waals surface area contributed by atoms with E-state index in [9.17, 15) is 4.79 Å². The molecule has 0 aliphatic rings. The lowest BCUT2D eigenvalue weighted by atomic mass is 10.1. The predicted molar refractivity (Wildman–Crippen MR) is 81.2 cm³/mol. The summed E-state index contributed by atoms with van der Waals surface area (Å²) in [5.74, 6) is -0.231. The van der Waals surface area contributed by atoms with Crippen molar-refractivity contribution in [2.45, 2.75) is 13.5 Å². The van der Waals surface area contributed by atoms with Gasteiger partial charge in [-0.25, -0.2) is 4.98 Å². The number of carbonyl (C=O) groups is 1. The lowest BCUT2D eigenvalue weighted by Crippen LogP contribution is -2.24. The molecule has 0 saturated carbocycles. The summed E-state index contributed by atoms with van der Waals surface area (Å²) in [6.45, 7) is 2.34. The fourth-order valence-electron chi connectivity index (χ4n) is 2.06. The van der Waals surface area contributed by atoms with Crippen LogP contribution in [0.3, 0.4) is 0 Å². The molecule has 2 N–H and O–H groups in total. The van der Waals surface area contributed by atoms with Gasteiger partial charge >= 0.3 is 0 Å². The number of hydrogen-bond acceptors (Lipinski definition) is 3. The number of aromatic nitrogens is 3. The van der Waals surface area contributed by atoms with Crippen LogP contribution in [0.4, 0.5) is 0 Å². The second-order valence-electron chi connectivity index (χ2n) is 4.71. The highest BCUT2D eigenvalue weighted by atomic mass is 35.5. The van der Waals surface area contributed by atoms with Crippen molar-refractivity contribution in [2.24, 2.45) is 0 Å². The fourth-order valence-corrected chi connectivity index (χ4v) is 2.26. The van der Waals surface area contributed by atoms with Crippen molar-refractivity contribution in [3.05, 3.63) is 58.4 Å². The lowest BCUT2D eigenvalue weighted by Gasteiger charge is -2.08. The molecular formula is C15H13ClN4O. The third-order valence-electron chi connectivity index (χ3n) is 3.35. The zero-order valence-electron chi connectivity index (χ0n) is 11.4. The first-order valence-corrected chi connectivity index (χ1v) is 6.85. The van der Waals surface area contributed by atoms with Gasteiger partial charge in [0.25, 0.3) is 5.91 Å². The summed E-state index contributed by atoms with van der Waals surface area (Å²) in [5.41, 5.74) is 2.91. The number of aromatic amines is 1. The van der Waals surface area contributed by atoms with Gasteiger partial charge in [0, 0.05) is 17.0 Å². The lowest BCUT2D eigenvalue weighted by molar-refractivity contribution is 0.0946. The summed E-state index contributed by atoms with van der Waals surface area (Å²) in [4.78, 5) is 16.4. The number of fused-ring (bicyclic) bond motifs is 1. The first-order valence-electron chi connectivity index (χ1n) is 6.47. The molecule has 0 unspecified atom stereocenters. The van der Waals surface area contributed by atoms with Crippen LogP contribution in [0.1, 0.15) is 21.6 Å². The van der Waals surface area contributed by atoms with Gasteiger partial charge in [0.2, 0.25) is 0 Å². The molecule has 106 valence electrons. The van der Waals surface area contributed by atoms with Gasteiger partial charge in [0.05, 0.1) is 6.20 Å². The Morgan fingerprint density at radius 1 is 1.33 bits per heavy atom. The summed E-state index contributed by atoms with van der Waals surface area (Å²) in [6, 6.07) is 9.12. The Morgan fingerprint density at radius 3 is 3.05 bits per heavy atom. The van der Waals surface area contributed by atoms with E-state index in [2.05, 4.69) is 20.5 Å². The van der Waals surface area contributed by atoms with Crippen molar-refractivity contribution in [1.82, 2.24) is 20.5 Å². The Bertz CT molecular complexity index is 812. The Morgan fingerprint density at radius 2 is 2.19 bits per heavy atom. The largest absolute Gasteiger partial charge is 0.347 e. The Labute approximate surface area is 126 Å². The van der Waals surface area contributed by atoms with Crippen LogP contribution < -0.4 is 5.32 Å². The SMILES string of the molecule is Cc1c(Cl)cccc1CNC(=O)c1ccc2cn[nH]c2n1. The summed E-state index contributed by atoms with van der Waals surface area (Å²) < 4.78 is 0. The van der Waals surface area contributed by atoms with E-state index in [1.807, 2.05) is 31.2 Å². The number of H-pyrrole nitrogens is 1. The minimum absolute atomic E-state index is 0.231. The Balaban J connectivity index is 1.75. The second-order valence-corrected chi connectivity index (χ2v) is 5.12. The minimum Gasteiger partial charge on any atom is -0.347 e. The van der Waals surface area contributed by atoms with Crippen molar-refractivity contribution >= 4 is 28.5 Å². The number of nitrogens with zero attached hydrogens (tertiary/aromatic N) is 2. The summed E-state index contributed by atoms with van der Waals surface area (Å²) >= 11 is 6.06. The molecule has 2 aromatic heterocycles. The molecule has 6 heteroatoms. The van der Waals surface area contributed by atoms with Crippen LogP contribution in [-0.2, 0) is 6.54 Å². The van der Waals surface area contributed by atoms with Gasteiger partial charge in [-0.2, -0.15) is 5.10 Å². The first kappa shape index (κ1) is 13.6. The van der Waals surface area contributed by atoms with Crippen LogP contribution in [0.25, 0.3) is 11.0 Å². The fraction of sp³-hybridized carbons (Fsp3) is 0.133. The van der Waals surface area contributed by atoms with E-state index in [1.165, 1.54) is 0 Å². The molecule has 0 spiro atoms. The molecule has 0 bridgehead atoms. The van der Waals surface area contributed by atoms with Crippen molar-refractivity contribution < 1.29 is 4.79 Å². The second kappa shape index (κ2) is 5.54. The average Bonchev–Trinajstić information content (AvgIpc) is 2.96. The van der Waals surface area contributed by atoms with Crippen molar-refractivity contribution in [3.63, 3.8) is 0 Å². The van der Waals surface area contributed by atoms with Crippen molar-refractivity contribution in [1.29, 1.82) is 0 Å². The molecule has 0 saturated heterocycles. The van der Waals surface area contributed by atoms with Crippen LogP contribution in [0, 0.1) is 6.92 Å². The van der Waals surface area contributed by atoms with E-state index in [0.29, 0.717) is 22.9 Å². The maximum atomic E-state index is 12.1. The number of rotatable bonds is 3. The van der Waals surface area contributed by atoms with Gasteiger partial charge in [-0.3, -0.25) is 9.89 Å². The van der Waals surface area contributed by atoms with Gasteiger partial charge in [-0.1, -0.05) is 23.7 Å². The van der Waals surface area contributed by atoms with Gasteiger partial charge in [0.15, 0.2) is 5.65 Å². The smallest absolute Gasteiger partial charge is 0.270 e. The van der Waals surface area contributed by atoms with Gasteiger partial charge in [-0.15, -0.1) is 0 Å². The molecule has 0 aliphatic heterocycles. The summed E-state index contributed by atoms with van der Waals surface area (Å²) in [7, 11) is 0. The van der Waals surface area contributed by atoms with Gasteiger partial charge in [-0.05, 0) is 36.2 Å². The maximum Gasteiger partial charge on any atom is 0.270 e. The number of halogens is 1. The standard InChI is InChI=1S/C15H13ClN4O/c1-9-10(3-2-4-12(9)16)7-17-15(21)13-6-5-11-8-18-20-14(11)19-13/h2-6,8H,7H2,1H3,(H,17,21)(H,18,19,20). The van der Waals surface area contributed by atoms with Crippen LogP contribution in [0.15, 0.2) is 36.5 Å². The zero-order valence-corrected chi connectivity index (χ0v) is 12.1. The van der Waals surface area contributed by atoms with Crippen LogP contribution >= 0.6 is 11.6 Å². The number of carbonyl (C=O) groups excluding carboxylic acids is 1. The van der Waals surface area contributed by atoms with Crippen LogP contribution in [-0.4, -0.2) is 21.1 Å². The van der Waals surface area contributed by atoms with E-state index in [1.54, 1.807) is 12.3 Å². The molecule has 0 radical (unpaired) electrons. The molecule has 2 heterocycles. The molecule has 0 fully saturated rings. The van der Waals surface area contributed by atoms with Crippen LogP contribution in [0.2, 0.25) is 5.02 Å². The normalized spacial score (nSPS) is 10.8. The Hall–Kier alpha value is -2.40. The molecule has 0 atom stereocenters. The third kappa shape index (κ3) is 2.73. The van der Waals surface area contributed by atoms with E-state index < -0.39 is 0 Å². The van der Waals surface area contributed by atoms with E-state index in [0.717, 1.165) is 16.5 Å². The number of pyridine rings is 1.